The van der Waals surface area contributed by atoms with Crippen LogP contribution in [0.3, 0.4) is 0 Å². The molecule has 18 heavy (non-hydrogen) atoms. The molecule has 0 aliphatic heterocycles. The van der Waals surface area contributed by atoms with Crippen molar-refractivity contribution >= 4 is 5.82 Å². The van der Waals surface area contributed by atoms with E-state index in [2.05, 4.69) is 39.6 Å². The molecule has 2 saturated carbocycles. The molecule has 2 fully saturated rings. The molecule has 4 nitrogen and oxygen atoms in total. The first-order chi connectivity index (χ1) is 8.83. The van der Waals surface area contributed by atoms with Crippen molar-refractivity contribution in [1.82, 2.24) is 15.5 Å². The Morgan fingerprint density at radius 3 is 2.56 bits per heavy atom. The molecule has 2 aliphatic rings. The smallest absolute Gasteiger partial charge is 0.151 e. The van der Waals surface area contributed by atoms with Crippen LogP contribution in [0.5, 0.6) is 0 Å². The minimum absolute atomic E-state index is 0.662. The van der Waals surface area contributed by atoms with Crippen LogP contribution in [-0.4, -0.2) is 29.3 Å². The van der Waals surface area contributed by atoms with Crippen LogP contribution in [-0.2, 0) is 6.54 Å². The van der Waals surface area contributed by atoms with Gasteiger partial charge in [-0.2, -0.15) is 5.10 Å². The van der Waals surface area contributed by atoms with E-state index in [1.165, 1.54) is 38.5 Å². The van der Waals surface area contributed by atoms with Crippen molar-refractivity contribution in [2.75, 3.05) is 11.9 Å². The van der Waals surface area contributed by atoms with Crippen LogP contribution in [0.1, 0.15) is 44.2 Å². The van der Waals surface area contributed by atoms with Crippen LogP contribution in [0.25, 0.3) is 0 Å². The highest BCUT2D eigenvalue weighted by atomic mass is 15.3. The maximum absolute atomic E-state index is 4.36. The van der Waals surface area contributed by atoms with Crippen LogP contribution in [0.4, 0.5) is 5.82 Å². The highest BCUT2D eigenvalue weighted by molar-refractivity contribution is 5.37. The topological polar surface area (TPSA) is 41.0 Å². The molecular weight excluding hydrogens is 224 g/mol. The summed E-state index contributed by atoms with van der Waals surface area (Å²) < 4.78 is 0. The zero-order valence-electron chi connectivity index (χ0n) is 11.1. The molecule has 0 saturated heterocycles. The van der Waals surface area contributed by atoms with Gasteiger partial charge in [0, 0.05) is 25.7 Å². The Morgan fingerprint density at radius 2 is 1.94 bits per heavy atom. The first kappa shape index (κ1) is 11.9. The third-order valence-electron chi connectivity index (χ3n) is 4.09. The van der Waals surface area contributed by atoms with Gasteiger partial charge in [-0.15, -0.1) is 5.10 Å². The van der Waals surface area contributed by atoms with E-state index in [0.717, 1.165) is 24.1 Å². The lowest BCUT2D eigenvalue weighted by Gasteiger charge is -2.24. The highest BCUT2D eigenvalue weighted by Gasteiger charge is 2.22. The third kappa shape index (κ3) is 2.80. The Kier molecular flexibility index (Phi) is 3.46. The van der Waals surface area contributed by atoms with Crippen LogP contribution in [0.15, 0.2) is 12.1 Å². The second-order valence-electron chi connectivity index (χ2n) is 5.59. The largest absolute Gasteiger partial charge is 0.355 e. The Morgan fingerprint density at radius 1 is 1.17 bits per heavy atom. The van der Waals surface area contributed by atoms with Gasteiger partial charge in [0.1, 0.15) is 0 Å². The lowest BCUT2D eigenvalue weighted by molar-refractivity contribution is 0.634. The second kappa shape index (κ2) is 5.22. The first-order valence-corrected chi connectivity index (χ1v) is 7.12. The monoisotopic (exact) mass is 246 g/mol. The van der Waals surface area contributed by atoms with E-state index < -0.39 is 0 Å². The van der Waals surface area contributed by atoms with Crippen molar-refractivity contribution in [3.8, 4) is 0 Å². The zero-order valence-corrected chi connectivity index (χ0v) is 11.1. The summed E-state index contributed by atoms with van der Waals surface area (Å²) in [6.07, 6.45) is 7.93. The predicted octanol–water partition coefficient (Wildman–Crippen LogP) is 2.11. The van der Waals surface area contributed by atoms with E-state index in [-0.39, 0.29) is 0 Å². The molecule has 0 spiro atoms. The van der Waals surface area contributed by atoms with Gasteiger partial charge < -0.3 is 10.2 Å². The van der Waals surface area contributed by atoms with Crippen molar-refractivity contribution < 1.29 is 0 Å². The van der Waals surface area contributed by atoms with E-state index in [9.17, 15) is 0 Å². The van der Waals surface area contributed by atoms with Crippen molar-refractivity contribution in [3.05, 3.63) is 17.8 Å². The number of hydrogen-bond acceptors (Lipinski definition) is 4. The maximum Gasteiger partial charge on any atom is 0.151 e. The summed E-state index contributed by atoms with van der Waals surface area (Å²) in [7, 11) is 2.14. The zero-order chi connectivity index (χ0) is 12.4. The van der Waals surface area contributed by atoms with Gasteiger partial charge in [0.2, 0.25) is 0 Å². The average Bonchev–Trinajstić information content (AvgIpc) is 3.08. The van der Waals surface area contributed by atoms with E-state index in [0.29, 0.717) is 6.04 Å². The molecular formula is C14H22N4. The SMILES string of the molecule is CN(c1ccc(CNC2CC2)nn1)C1CCCC1. The van der Waals surface area contributed by atoms with Gasteiger partial charge in [-0.3, -0.25) is 0 Å². The van der Waals surface area contributed by atoms with Gasteiger partial charge in [-0.05, 0) is 37.8 Å². The first-order valence-electron chi connectivity index (χ1n) is 7.12. The highest BCUT2D eigenvalue weighted by Crippen LogP contribution is 2.25. The minimum Gasteiger partial charge on any atom is -0.355 e. The van der Waals surface area contributed by atoms with Gasteiger partial charge in [-0.25, -0.2) is 0 Å². The summed E-state index contributed by atoms with van der Waals surface area (Å²) in [4.78, 5) is 2.29. The molecule has 98 valence electrons. The maximum atomic E-state index is 4.36. The molecule has 3 rings (SSSR count). The Balaban J connectivity index is 1.58. The van der Waals surface area contributed by atoms with Crippen molar-refractivity contribution in [2.24, 2.45) is 0 Å². The lowest BCUT2D eigenvalue weighted by Crippen LogP contribution is -2.29. The standard InChI is InChI=1S/C14H22N4/c1-18(13-4-2-3-5-13)14-9-8-12(16-17-14)10-15-11-6-7-11/h8-9,11,13,15H,2-7,10H2,1H3. The van der Waals surface area contributed by atoms with Gasteiger partial charge >= 0.3 is 0 Å². The van der Waals surface area contributed by atoms with Crippen LogP contribution >= 0.6 is 0 Å². The molecule has 4 heteroatoms. The number of nitrogens with one attached hydrogen (secondary N) is 1. The number of anilines is 1. The molecule has 1 N–H and O–H groups in total. The fraction of sp³-hybridized carbons (Fsp3) is 0.714. The molecule has 0 atom stereocenters. The lowest BCUT2D eigenvalue weighted by atomic mass is 10.2. The Labute approximate surface area is 109 Å². The van der Waals surface area contributed by atoms with Crippen LogP contribution < -0.4 is 10.2 Å². The van der Waals surface area contributed by atoms with Gasteiger partial charge in [-0.1, -0.05) is 12.8 Å². The molecule has 1 aromatic rings. The third-order valence-corrected chi connectivity index (χ3v) is 4.09. The number of hydrogen-bond donors (Lipinski definition) is 1. The summed E-state index contributed by atoms with van der Waals surface area (Å²) in [5.41, 5.74) is 1.05. The predicted molar refractivity (Wildman–Crippen MR) is 72.6 cm³/mol. The van der Waals surface area contributed by atoms with E-state index >= 15 is 0 Å². The molecule has 0 amide bonds. The summed E-state index contributed by atoms with van der Waals surface area (Å²) >= 11 is 0. The summed E-state index contributed by atoms with van der Waals surface area (Å²) in [5.74, 6) is 1.01. The molecule has 1 heterocycles. The molecule has 0 bridgehead atoms. The normalized spacial score (nSPS) is 20.3. The summed E-state index contributed by atoms with van der Waals surface area (Å²) in [6.45, 7) is 0.852. The van der Waals surface area contributed by atoms with Crippen molar-refractivity contribution in [1.29, 1.82) is 0 Å². The molecule has 0 radical (unpaired) electrons. The fourth-order valence-electron chi connectivity index (χ4n) is 2.65. The van der Waals surface area contributed by atoms with Crippen molar-refractivity contribution in [3.63, 3.8) is 0 Å². The van der Waals surface area contributed by atoms with Crippen molar-refractivity contribution in [2.45, 2.75) is 57.2 Å². The van der Waals surface area contributed by atoms with E-state index in [1.54, 1.807) is 0 Å². The van der Waals surface area contributed by atoms with E-state index in [1.807, 2.05) is 0 Å². The summed E-state index contributed by atoms with van der Waals surface area (Å²) in [6, 6.07) is 5.60. The summed E-state index contributed by atoms with van der Waals surface area (Å²) in [5, 5.41) is 12.1. The van der Waals surface area contributed by atoms with Gasteiger partial charge in [0.05, 0.1) is 5.69 Å². The fourth-order valence-corrected chi connectivity index (χ4v) is 2.65. The number of aromatic nitrogens is 2. The van der Waals surface area contributed by atoms with Gasteiger partial charge in [0.25, 0.3) is 0 Å². The Hall–Kier alpha value is -1.16. The molecule has 0 unspecified atom stereocenters. The molecule has 2 aliphatic carbocycles. The molecule has 1 aromatic heterocycles. The molecule has 0 aromatic carbocycles. The minimum atomic E-state index is 0.662. The van der Waals surface area contributed by atoms with E-state index in [4.69, 9.17) is 0 Å². The average molecular weight is 246 g/mol. The second-order valence-corrected chi connectivity index (χ2v) is 5.59. The van der Waals surface area contributed by atoms with Gasteiger partial charge in [0.15, 0.2) is 5.82 Å². The Bertz CT molecular complexity index is 379. The number of nitrogens with zero attached hydrogens (tertiary/aromatic N) is 3. The van der Waals surface area contributed by atoms with Crippen LogP contribution in [0, 0.1) is 0 Å². The van der Waals surface area contributed by atoms with Crippen LogP contribution in [0.2, 0.25) is 0 Å². The quantitative estimate of drug-likeness (QED) is 0.864. The number of rotatable bonds is 5.